The maximum Gasteiger partial charge on any atom is 0.373 e. The number of rotatable bonds is 5. The lowest BCUT2D eigenvalue weighted by Crippen LogP contribution is -2.39. The predicted molar refractivity (Wildman–Crippen MR) is 76.9 cm³/mol. The minimum absolute atomic E-state index is 0.250. The summed E-state index contributed by atoms with van der Waals surface area (Å²) in [7, 11) is 1.53. The van der Waals surface area contributed by atoms with E-state index in [9.17, 15) is 14.8 Å². The highest BCUT2D eigenvalue weighted by atomic mass is 16.7. The molecule has 0 bridgehead atoms. The van der Waals surface area contributed by atoms with Gasteiger partial charge in [0.15, 0.2) is 0 Å². The third-order valence-corrected chi connectivity index (χ3v) is 3.21. The molecule has 10 nitrogen and oxygen atoms in total. The van der Waals surface area contributed by atoms with Crippen LogP contribution in [0, 0.1) is 5.21 Å². The molecule has 1 aromatic rings. The van der Waals surface area contributed by atoms with E-state index >= 15 is 0 Å². The predicted octanol–water partition coefficient (Wildman–Crippen LogP) is 0.806. The van der Waals surface area contributed by atoms with Gasteiger partial charge in [-0.05, 0) is 26.0 Å². The Bertz CT molecular complexity index is 649. The van der Waals surface area contributed by atoms with Crippen molar-refractivity contribution in [3.63, 3.8) is 0 Å². The summed E-state index contributed by atoms with van der Waals surface area (Å²) in [4.78, 5) is 46.7. The Balaban J connectivity index is 0.000000891. The van der Waals surface area contributed by atoms with Crippen LogP contribution in [-0.2, 0) is 14.4 Å². The minimum Gasteiger partial charge on any atom is -0.569 e. The van der Waals surface area contributed by atoms with Crippen LogP contribution in [0.4, 0.5) is 0 Å². The minimum atomic E-state index is -0.973. The van der Waals surface area contributed by atoms with Crippen molar-refractivity contribution in [2.45, 2.75) is 20.1 Å². The van der Waals surface area contributed by atoms with Crippen molar-refractivity contribution in [3.05, 3.63) is 40.6 Å². The summed E-state index contributed by atoms with van der Waals surface area (Å²) in [5.74, 6) is -0.917. The average molecular weight is 336 g/mol. The van der Waals surface area contributed by atoms with E-state index in [0.29, 0.717) is 17.7 Å². The van der Waals surface area contributed by atoms with Gasteiger partial charge >= 0.3 is 6.15 Å². The van der Waals surface area contributed by atoms with Gasteiger partial charge in [-0.3, -0.25) is 9.59 Å². The standard InChI is InChI=1S/C13H16N4O4.CO2/c1-4-15(3)17(20)14-21-9(2)16-12(18)10-7-5-6-8-11(10)13(16)19;2-1-3/h5-9H,4H2,1-3H3;/b17-14-;. The van der Waals surface area contributed by atoms with Crippen LogP contribution in [0.3, 0.4) is 0 Å². The first kappa shape index (κ1) is 18.8. The molecule has 0 fully saturated rings. The van der Waals surface area contributed by atoms with Crippen LogP contribution in [0.2, 0.25) is 0 Å². The highest BCUT2D eigenvalue weighted by Gasteiger charge is 2.39. The second-order valence-electron chi connectivity index (χ2n) is 4.62. The second kappa shape index (κ2) is 8.39. The highest BCUT2D eigenvalue weighted by Crippen LogP contribution is 2.24. The molecular formula is C14H16N4O6. The number of carbonyl (C=O) groups is 2. The van der Waals surface area contributed by atoms with Gasteiger partial charge in [-0.15, -0.1) is 5.01 Å². The van der Waals surface area contributed by atoms with Gasteiger partial charge in [0, 0.05) is 0 Å². The van der Waals surface area contributed by atoms with Gasteiger partial charge < -0.3 is 10.0 Å². The number of fused-ring (bicyclic) bond motifs is 1. The van der Waals surface area contributed by atoms with E-state index in [2.05, 4.69) is 5.28 Å². The molecule has 2 rings (SSSR count). The van der Waals surface area contributed by atoms with Gasteiger partial charge in [-0.1, -0.05) is 12.1 Å². The van der Waals surface area contributed by atoms with Crippen molar-refractivity contribution in [3.8, 4) is 0 Å². The summed E-state index contributed by atoms with van der Waals surface area (Å²) in [5.41, 5.74) is 0.644. The average Bonchev–Trinajstić information content (AvgIpc) is 2.84. The number of amides is 2. The van der Waals surface area contributed by atoms with Crippen molar-refractivity contribution in [1.29, 1.82) is 0 Å². The molecule has 0 saturated heterocycles. The molecule has 1 unspecified atom stereocenters. The molecule has 1 aliphatic rings. The summed E-state index contributed by atoms with van der Waals surface area (Å²) in [6.45, 7) is 3.69. The lowest BCUT2D eigenvalue weighted by molar-refractivity contribution is -0.706. The lowest BCUT2D eigenvalue weighted by atomic mass is 10.1. The first-order valence-electron chi connectivity index (χ1n) is 6.90. The van der Waals surface area contributed by atoms with Gasteiger partial charge in [0.1, 0.15) is 0 Å². The van der Waals surface area contributed by atoms with Gasteiger partial charge in [-0.2, -0.15) is 9.59 Å². The fraction of sp³-hybridized carbons (Fsp3) is 0.357. The molecule has 1 atom stereocenters. The third-order valence-electron chi connectivity index (χ3n) is 3.21. The van der Waals surface area contributed by atoms with Crippen LogP contribution in [-0.4, -0.2) is 52.7 Å². The van der Waals surface area contributed by atoms with E-state index in [0.717, 1.165) is 4.90 Å². The van der Waals surface area contributed by atoms with Gasteiger partial charge in [0.2, 0.25) is 11.5 Å². The van der Waals surface area contributed by atoms with Crippen molar-refractivity contribution >= 4 is 18.0 Å². The molecule has 10 heteroatoms. The molecule has 0 aliphatic carbocycles. The first-order chi connectivity index (χ1) is 11.4. The maximum atomic E-state index is 12.2. The van der Waals surface area contributed by atoms with Crippen LogP contribution in [0.15, 0.2) is 29.5 Å². The van der Waals surface area contributed by atoms with Crippen LogP contribution in [0.5, 0.6) is 0 Å². The fourth-order valence-electron chi connectivity index (χ4n) is 1.88. The van der Waals surface area contributed by atoms with Gasteiger partial charge in [0.05, 0.1) is 29.7 Å². The van der Waals surface area contributed by atoms with Crippen molar-refractivity contribution < 1.29 is 29.0 Å². The van der Waals surface area contributed by atoms with Gasteiger partial charge in [-0.25, -0.2) is 4.90 Å². The Labute approximate surface area is 137 Å². The molecule has 1 aliphatic heterocycles. The zero-order chi connectivity index (χ0) is 18.3. The summed E-state index contributed by atoms with van der Waals surface area (Å²) >= 11 is 0. The maximum absolute atomic E-state index is 12.2. The molecule has 1 heterocycles. The molecule has 24 heavy (non-hydrogen) atoms. The van der Waals surface area contributed by atoms with Crippen molar-refractivity contribution in [2.75, 3.05) is 13.6 Å². The number of carbonyl (C=O) groups excluding carboxylic acids is 4. The number of benzene rings is 1. The second-order valence-corrected chi connectivity index (χ2v) is 4.62. The van der Waals surface area contributed by atoms with E-state index in [-0.39, 0.29) is 11.1 Å². The van der Waals surface area contributed by atoms with Gasteiger partial charge in [0.25, 0.3) is 11.8 Å². The van der Waals surface area contributed by atoms with Crippen LogP contribution < -0.4 is 0 Å². The Morgan fingerprint density at radius 1 is 1.29 bits per heavy atom. The quantitative estimate of drug-likeness (QED) is 0.337. The number of hydrogen-bond donors (Lipinski definition) is 0. The summed E-state index contributed by atoms with van der Waals surface area (Å²) in [6, 6.07) is 6.51. The Morgan fingerprint density at radius 3 is 2.17 bits per heavy atom. The summed E-state index contributed by atoms with van der Waals surface area (Å²) in [5, 5.41) is 16.0. The van der Waals surface area contributed by atoms with E-state index in [1.54, 1.807) is 31.2 Å². The Morgan fingerprint density at radius 2 is 1.75 bits per heavy atom. The Hall–Kier alpha value is -3.26. The smallest absolute Gasteiger partial charge is 0.373 e. The highest BCUT2D eigenvalue weighted by molar-refractivity contribution is 6.21. The molecule has 0 aromatic heterocycles. The van der Waals surface area contributed by atoms with Crippen molar-refractivity contribution in [2.24, 2.45) is 5.28 Å². The van der Waals surface area contributed by atoms with Crippen LogP contribution in [0.1, 0.15) is 34.6 Å². The summed E-state index contributed by atoms with van der Waals surface area (Å²) in [6.07, 6.45) is -0.723. The normalized spacial score (nSPS) is 14.3. The topological polar surface area (TPSA) is 122 Å². The third kappa shape index (κ3) is 3.93. The lowest BCUT2D eigenvalue weighted by Gasteiger charge is -2.19. The molecule has 1 aromatic carbocycles. The number of hydrogen-bond acceptors (Lipinski definition) is 7. The van der Waals surface area contributed by atoms with Crippen LogP contribution >= 0.6 is 0 Å². The number of hydrazine groups is 1. The molecule has 0 N–H and O–H groups in total. The van der Waals surface area contributed by atoms with Crippen LogP contribution in [0.25, 0.3) is 0 Å². The zero-order valence-electron chi connectivity index (χ0n) is 13.3. The molecule has 0 radical (unpaired) electrons. The molecular weight excluding hydrogens is 320 g/mol. The number of nitrogens with zero attached hydrogens (tertiary/aromatic N) is 4. The van der Waals surface area contributed by atoms with E-state index < -0.39 is 18.0 Å². The number of imide groups is 1. The van der Waals surface area contributed by atoms with E-state index in [4.69, 9.17) is 14.4 Å². The van der Waals surface area contributed by atoms with E-state index in [1.807, 2.05) is 0 Å². The van der Waals surface area contributed by atoms with Crippen molar-refractivity contribution in [1.82, 2.24) is 9.91 Å². The molecule has 0 spiro atoms. The SMILES string of the molecule is CCN(C)/[N+]([O-])=N/OC(C)N1C(=O)c2ccccc2C1=O.O=C=O. The van der Waals surface area contributed by atoms with E-state index in [1.165, 1.54) is 19.0 Å². The Kier molecular flexibility index (Phi) is 6.57. The monoisotopic (exact) mass is 336 g/mol. The zero-order valence-corrected chi connectivity index (χ0v) is 13.3. The fourth-order valence-corrected chi connectivity index (χ4v) is 1.88. The molecule has 2 amide bonds. The first-order valence-corrected chi connectivity index (χ1v) is 6.90. The molecule has 0 saturated carbocycles. The summed E-state index contributed by atoms with van der Waals surface area (Å²) < 4.78 is 0. The largest absolute Gasteiger partial charge is 0.569 e. The molecule has 128 valence electrons.